The summed E-state index contributed by atoms with van der Waals surface area (Å²) in [6.07, 6.45) is -0.460. The highest BCUT2D eigenvalue weighted by molar-refractivity contribution is 6.03. The van der Waals surface area contributed by atoms with Gasteiger partial charge in [0.1, 0.15) is 13.1 Å². The van der Waals surface area contributed by atoms with Crippen molar-refractivity contribution in [3.8, 4) is 23.0 Å². The third-order valence-electron chi connectivity index (χ3n) is 7.76. The first-order valence-corrected chi connectivity index (χ1v) is 15.4. The average Bonchev–Trinajstić information content (AvgIpc) is 3.80. The number of ether oxygens (including phenoxy) is 4. The van der Waals surface area contributed by atoms with Gasteiger partial charge in [0, 0.05) is 49.4 Å². The van der Waals surface area contributed by atoms with Gasteiger partial charge in [0.15, 0.2) is 23.0 Å². The molecule has 246 valence electrons. The molecule has 12 heteroatoms. The Morgan fingerprint density at radius 2 is 0.917 bits per heavy atom. The van der Waals surface area contributed by atoms with Gasteiger partial charge in [0.25, 0.3) is 0 Å². The third kappa shape index (κ3) is 8.02. The molecule has 0 saturated carbocycles. The highest BCUT2D eigenvalue weighted by atomic mass is 16.7. The first-order valence-electron chi connectivity index (χ1n) is 15.4. The van der Waals surface area contributed by atoms with E-state index in [-0.39, 0.29) is 64.4 Å². The Hall–Kier alpha value is -6.04. The summed E-state index contributed by atoms with van der Waals surface area (Å²) < 4.78 is 21.8. The number of rotatable bonds is 13. The van der Waals surface area contributed by atoms with E-state index in [1.54, 1.807) is 36.4 Å². The van der Waals surface area contributed by atoms with Crippen molar-refractivity contribution in [3.63, 3.8) is 0 Å². The van der Waals surface area contributed by atoms with Gasteiger partial charge in [-0.3, -0.25) is 19.2 Å². The van der Waals surface area contributed by atoms with Crippen LogP contribution in [-0.2, 0) is 32.3 Å². The van der Waals surface area contributed by atoms with Gasteiger partial charge in [0.2, 0.25) is 37.2 Å². The van der Waals surface area contributed by atoms with Gasteiger partial charge in [-0.2, -0.15) is 0 Å². The largest absolute Gasteiger partial charge is 0.454 e. The summed E-state index contributed by atoms with van der Waals surface area (Å²) >= 11 is 0. The van der Waals surface area contributed by atoms with Crippen LogP contribution in [0.15, 0.2) is 97.1 Å². The van der Waals surface area contributed by atoms with Crippen LogP contribution >= 0.6 is 0 Å². The second-order valence-corrected chi connectivity index (χ2v) is 11.1. The molecule has 0 aliphatic carbocycles. The van der Waals surface area contributed by atoms with Crippen molar-refractivity contribution in [2.75, 3.05) is 36.5 Å². The number of amides is 4. The first-order chi connectivity index (χ1) is 23.4. The zero-order valence-corrected chi connectivity index (χ0v) is 26.1. The van der Waals surface area contributed by atoms with Crippen LogP contribution in [0.2, 0.25) is 0 Å². The summed E-state index contributed by atoms with van der Waals surface area (Å²) in [6, 6.07) is 28.7. The second-order valence-electron chi connectivity index (χ2n) is 11.1. The normalized spacial score (nSPS) is 12.2. The molecule has 2 heterocycles. The van der Waals surface area contributed by atoms with Crippen molar-refractivity contribution < 1.29 is 38.1 Å². The number of hydrogen-bond donors (Lipinski definition) is 2. The lowest BCUT2D eigenvalue weighted by molar-refractivity contribution is -0.126. The molecule has 0 saturated heterocycles. The Morgan fingerprint density at radius 1 is 0.521 bits per heavy atom. The predicted octanol–water partition coefficient (Wildman–Crippen LogP) is 3.92. The zero-order valence-electron chi connectivity index (χ0n) is 26.1. The van der Waals surface area contributed by atoms with Crippen molar-refractivity contribution in [2.24, 2.45) is 0 Å². The minimum absolute atomic E-state index is 0.0490. The van der Waals surface area contributed by atoms with Gasteiger partial charge >= 0.3 is 0 Å². The van der Waals surface area contributed by atoms with Crippen LogP contribution < -0.4 is 39.4 Å². The number of carbonyl (C=O) groups is 4. The van der Waals surface area contributed by atoms with Crippen LogP contribution in [0.3, 0.4) is 0 Å². The molecular formula is C36H34N4O8. The SMILES string of the molecule is O=C(CN(C(=O)CCC(=O)N(CC(=O)NCc1ccccc1)c1ccc2c(c1)OCO2)c1ccc2c(c1)OCO2)NCc1ccccc1. The number of fused-ring (bicyclic) bond motifs is 2. The summed E-state index contributed by atoms with van der Waals surface area (Å²) in [5.74, 6) is 0.261. The van der Waals surface area contributed by atoms with E-state index in [2.05, 4.69) is 10.6 Å². The van der Waals surface area contributed by atoms with E-state index >= 15 is 0 Å². The molecule has 2 aliphatic heterocycles. The highest BCUT2D eigenvalue weighted by Crippen LogP contribution is 2.37. The van der Waals surface area contributed by atoms with Gasteiger partial charge in [0.05, 0.1) is 0 Å². The van der Waals surface area contributed by atoms with Crippen molar-refractivity contribution in [3.05, 3.63) is 108 Å². The Morgan fingerprint density at radius 3 is 1.33 bits per heavy atom. The topological polar surface area (TPSA) is 136 Å². The van der Waals surface area contributed by atoms with Crippen LogP contribution in [0.5, 0.6) is 23.0 Å². The van der Waals surface area contributed by atoms with Crippen molar-refractivity contribution >= 4 is 35.0 Å². The van der Waals surface area contributed by atoms with Crippen LogP contribution in [0.1, 0.15) is 24.0 Å². The Bertz CT molecular complexity index is 1650. The quantitative estimate of drug-likeness (QED) is 0.222. The van der Waals surface area contributed by atoms with Crippen LogP contribution in [-0.4, -0.2) is 50.3 Å². The fourth-order valence-electron chi connectivity index (χ4n) is 5.23. The molecule has 12 nitrogen and oxygen atoms in total. The Kier molecular flexibility index (Phi) is 10.00. The predicted molar refractivity (Wildman–Crippen MR) is 176 cm³/mol. The van der Waals surface area contributed by atoms with E-state index < -0.39 is 11.8 Å². The summed E-state index contributed by atoms with van der Waals surface area (Å²) in [7, 11) is 0. The van der Waals surface area contributed by atoms with Crippen LogP contribution in [0.4, 0.5) is 11.4 Å². The molecule has 6 rings (SSSR count). The second kappa shape index (κ2) is 15.0. The van der Waals surface area contributed by atoms with E-state index in [1.807, 2.05) is 60.7 Å². The number of carbonyl (C=O) groups excluding carboxylic acids is 4. The summed E-state index contributed by atoms with van der Waals surface area (Å²) in [5.41, 5.74) is 2.65. The lowest BCUT2D eigenvalue weighted by Gasteiger charge is -2.25. The van der Waals surface area contributed by atoms with Crippen LogP contribution in [0.25, 0.3) is 0 Å². The Balaban J connectivity index is 1.15. The third-order valence-corrected chi connectivity index (χ3v) is 7.76. The Labute approximate surface area is 277 Å². The number of nitrogens with zero attached hydrogens (tertiary/aromatic N) is 2. The maximum Gasteiger partial charge on any atom is 0.240 e. The van der Waals surface area contributed by atoms with Gasteiger partial charge in [-0.15, -0.1) is 0 Å². The minimum atomic E-state index is -0.462. The summed E-state index contributed by atoms with van der Waals surface area (Å²) in [4.78, 5) is 56.2. The molecule has 2 N–H and O–H groups in total. The monoisotopic (exact) mass is 650 g/mol. The molecule has 4 aromatic rings. The number of anilines is 2. The molecule has 0 unspecified atom stereocenters. The van der Waals surface area contributed by atoms with E-state index in [1.165, 1.54) is 9.80 Å². The van der Waals surface area contributed by atoms with E-state index in [4.69, 9.17) is 18.9 Å². The molecule has 0 aromatic heterocycles. The molecule has 0 atom stereocenters. The smallest absolute Gasteiger partial charge is 0.240 e. The van der Waals surface area contributed by atoms with Gasteiger partial charge in [-0.1, -0.05) is 60.7 Å². The summed E-state index contributed by atoms with van der Waals surface area (Å²) in [5, 5.41) is 5.69. The number of nitrogens with one attached hydrogen (secondary N) is 2. The van der Waals surface area contributed by atoms with Gasteiger partial charge in [-0.25, -0.2) is 0 Å². The minimum Gasteiger partial charge on any atom is -0.454 e. The average molecular weight is 651 g/mol. The van der Waals surface area contributed by atoms with Crippen molar-refractivity contribution in [1.29, 1.82) is 0 Å². The lowest BCUT2D eigenvalue weighted by atomic mass is 10.1. The number of benzene rings is 4. The maximum atomic E-state index is 13.7. The molecule has 0 bridgehead atoms. The standard InChI is InChI=1S/C36H34N4O8/c41-33(37-19-25-7-3-1-4-8-25)21-39(27-11-13-29-31(17-27)47-23-45-29)35(43)15-16-36(44)40(28-12-14-30-32(18-28)48-24-46-30)22-34(42)38-20-26-9-5-2-6-10-26/h1-14,17-18H,15-16,19-24H2,(H,37,41)(H,38,42). The van der Waals surface area contributed by atoms with Crippen molar-refractivity contribution in [1.82, 2.24) is 10.6 Å². The molecule has 0 spiro atoms. The molecule has 2 aliphatic rings. The first kappa shape index (κ1) is 31.9. The molecule has 48 heavy (non-hydrogen) atoms. The number of hydrogen-bond acceptors (Lipinski definition) is 8. The lowest BCUT2D eigenvalue weighted by Crippen LogP contribution is -2.43. The van der Waals surface area contributed by atoms with Gasteiger partial charge < -0.3 is 39.4 Å². The molecule has 4 amide bonds. The highest BCUT2D eigenvalue weighted by Gasteiger charge is 2.26. The molecule has 0 radical (unpaired) electrons. The van der Waals surface area contributed by atoms with Crippen molar-refractivity contribution in [2.45, 2.75) is 25.9 Å². The van der Waals surface area contributed by atoms with E-state index in [9.17, 15) is 19.2 Å². The van der Waals surface area contributed by atoms with E-state index in [0.29, 0.717) is 34.4 Å². The van der Waals surface area contributed by atoms with Gasteiger partial charge in [-0.05, 0) is 35.4 Å². The fourth-order valence-corrected chi connectivity index (χ4v) is 5.23. The fraction of sp³-hybridized carbons (Fsp3) is 0.222. The zero-order chi connectivity index (χ0) is 33.3. The summed E-state index contributed by atoms with van der Waals surface area (Å²) in [6.45, 7) is 0.109. The van der Waals surface area contributed by atoms with Crippen LogP contribution in [0, 0.1) is 0 Å². The maximum absolute atomic E-state index is 13.7. The molecule has 0 fully saturated rings. The molecule has 4 aromatic carbocycles. The molecular weight excluding hydrogens is 616 g/mol. The van der Waals surface area contributed by atoms with E-state index in [0.717, 1.165) is 11.1 Å².